The highest BCUT2D eigenvalue weighted by atomic mass is 19.3. The lowest BCUT2D eigenvalue weighted by Crippen LogP contribution is -2.10. The van der Waals surface area contributed by atoms with Crippen molar-refractivity contribution < 1.29 is 27.2 Å². The van der Waals surface area contributed by atoms with Crippen LogP contribution in [0.15, 0.2) is 106 Å². The highest BCUT2D eigenvalue weighted by Crippen LogP contribution is 2.22. The number of carbonyl (C=O) groups excluding carboxylic acids is 2. The van der Waals surface area contributed by atoms with Gasteiger partial charge in [-0.2, -0.15) is 0 Å². The number of carbonyl (C=O) groups is 2. The summed E-state index contributed by atoms with van der Waals surface area (Å²) in [5.74, 6) is -0.541. The van der Waals surface area contributed by atoms with Gasteiger partial charge in [0, 0.05) is 34.1 Å². The van der Waals surface area contributed by atoms with Gasteiger partial charge in [0.1, 0.15) is 5.76 Å². The monoisotopic (exact) mass is 576 g/mol. The van der Waals surface area contributed by atoms with E-state index in [4.69, 9.17) is 31.8 Å². The van der Waals surface area contributed by atoms with Crippen molar-refractivity contribution in [3.63, 3.8) is 0 Å². The summed E-state index contributed by atoms with van der Waals surface area (Å²) in [6.07, 6.45) is -2.73. The average molecular weight is 577 g/mol. The molecule has 0 radical (unpaired) electrons. The van der Waals surface area contributed by atoms with E-state index >= 15 is 0 Å². The Kier molecular flexibility index (Phi) is 10.7. The maximum atomic E-state index is 12.3. The molecule has 0 aliphatic rings. The van der Waals surface area contributed by atoms with E-state index in [0.29, 0.717) is 34.3 Å². The minimum absolute atomic E-state index is 0.165. The van der Waals surface area contributed by atoms with Crippen molar-refractivity contribution in [3.05, 3.63) is 120 Å². The Balaban J connectivity index is 0.000000185. The van der Waals surface area contributed by atoms with E-state index in [-0.39, 0.29) is 11.7 Å². The molecule has 0 aliphatic heterocycles. The molecule has 10 N–H and O–H groups in total. The first-order valence-electron chi connectivity index (χ1n) is 12.4. The van der Waals surface area contributed by atoms with Crippen molar-refractivity contribution >= 4 is 45.9 Å². The number of hydrogen-bond donors (Lipinski definition) is 6. The molecular weight excluding hydrogens is 546 g/mol. The lowest BCUT2D eigenvalue weighted by Gasteiger charge is -2.03. The van der Waals surface area contributed by atoms with Crippen molar-refractivity contribution in [1.82, 2.24) is 0 Å². The van der Waals surface area contributed by atoms with Gasteiger partial charge in [0.25, 0.3) is 18.2 Å². The number of alkyl halides is 2. The number of amides is 2. The second kappa shape index (κ2) is 14.6. The first-order chi connectivity index (χ1) is 20.0. The molecule has 3 aromatic carbocycles. The first-order valence-corrected chi connectivity index (χ1v) is 12.4. The smallest absolute Gasteiger partial charge is 0.295 e. The van der Waals surface area contributed by atoms with E-state index in [1.54, 1.807) is 91.9 Å². The number of furan rings is 2. The Morgan fingerprint density at radius 3 is 1.26 bits per heavy atom. The number of hydrogen-bond acceptors (Lipinski definition) is 8. The number of halogens is 2. The van der Waals surface area contributed by atoms with Crippen molar-refractivity contribution in [1.29, 1.82) is 0 Å². The third-order valence-electron chi connectivity index (χ3n) is 5.30. The van der Waals surface area contributed by atoms with Crippen LogP contribution in [0.5, 0.6) is 0 Å². The van der Waals surface area contributed by atoms with Gasteiger partial charge in [0.2, 0.25) is 0 Å². The van der Waals surface area contributed by atoms with Gasteiger partial charge >= 0.3 is 0 Å². The van der Waals surface area contributed by atoms with Gasteiger partial charge in [-0.05, 0) is 104 Å². The normalized spacial score (nSPS) is 10.1. The number of nitrogens with one attached hydrogen (secondary N) is 2. The Morgan fingerprint density at radius 1 is 0.571 bits per heavy atom. The Hall–Kier alpha value is -5.78. The molecule has 0 spiro atoms. The van der Waals surface area contributed by atoms with Crippen LogP contribution in [0.2, 0.25) is 0 Å². The fraction of sp³-hybridized carbons (Fsp3) is 0.0667. The maximum Gasteiger partial charge on any atom is 0.295 e. The van der Waals surface area contributed by atoms with Crippen LogP contribution in [0.4, 0.5) is 42.9 Å². The third-order valence-corrected chi connectivity index (χ3v) is 5.30. The summed E-state index contributed by atoms with van der Waals surface area (Å²) in [4.78, 5) is 23.3. The predicted octanol–water partition coefficient (Wildman–Crippen LogP) is 6.33. The summed E-state index contributed by atoms with van der Waals surface area (Å²) in [5.41, 5.74) is 25.7. The van der Waals surface area contributed by atoms with E-state index in [2.05, 4.69) is 10.6 Å². The van der Waals surface area contributed by atoms with E-state index in [9.17, 15) is 18.4 Å². The second-order valence-electron chi connectivity index (χ2n) is 8.73. The number of nitrogen functional groups attached to an aromatic ring is 4. The van der Waals surface area contributed by atoms with Crippen LogP contribution in [0.1, 0.15) is 39.1 Å². The van der Waals surface area contributed by atoms with E-state index < -0.39 is 18.1 Å². The van der Waals surface area contributed by atoms with Crippen LogP contribution in [0.25, 0.3) is 0 Å². The molecular formula is C30H30F2N6O4. The molecule has 0 unspecified atom stereocenters. The summed E-state index contributed by atoms with van der Waals surface area (Å²) < 4.78 is 34.5. The third kappa shape index (κ3) is 9.75. The summed E-state index contributed by atoms with van der Waals surface area (Å²) in [6.45, 7) is 1.79. The molecule has 2 aromatic heterocycles. The molecule has 5 rings (SSSR count). The lowest BCUT2D eigenvalue weighted by molar-refractivity contribution is 0.0962. The largest absolute Gasteiger partial charge is 0.456 e. The molecule has 218 valence electrons. The highest BCUT2D eigenvalue weighted by molar-refractivity contribution is 6.02. The van der Waals surface area contributed by atoms with Crippen molar-refractivity contribution in [2.75, 3.05) is 33.6 Å². The SMILES string of the molecule is Cc1ccc(C(=O)Nc2ccc(N)cc2)o1.Nc1ccc(N)cc1.Nc1ccc(NC(=O)c2ccc(C(F)F)o2)cc1. The fourth-order valence-corrected chi connectivity index (χ4v) is 3.16. The molecule has 0 saturated heterocycles. The predicted molar refractivity (Wildman–Crippen MR) is 160 cm³/mol. The molecule has 2 amide bonds. The standard InChI is InChI=1S/C12H10F2N2O2.C12H12N2O2.C6H8N2/c13-11(14)9-5-6-10(18-9)12(17)16-8-3-1-7(15)2-4-8;1-8-2-7-11(16-8)12(15)14-10-5-3-9(13)4-6-10;7-5-1-2-6(8)4-3-5/h1-6,11H,15H2,(H,16,17);2-7H,13H2,1H3,(H,14,15);1-4H,7-8H2. The van der Waals surface area contributed by atoms with Gasteiger partial charge in [0.15, 0.2) is 17.3 Å². The Bertz CT molecular complexity index is 1560. The van der Waals surface area contributed by atoms with E-state index in [1.807, 2.05) is 0 Å². The van der Waals surface area contributed by atoms with Crippen LogP contribution in [0.3, 0.4) is 0 Å². The zero-order valence-electron chi connectivity index (χ0n) is 22.5. The zero-order valence-corrected chi connectivity index (χ0v) is 22.5. The molecule has 0 saturated carbocycles. The molecule has 42 heavy (non-hydrogen) atoms. The van der Waals surface area contributed by atoms with E-state index in [1.165, 1.54) is 6.07 Å². The van der Waals surface area contributed by atoms with E-state index in [0.717, 1.165) is 17.4 Å². The molecule has 12 heteroatoms. The maximum absolute atomic E-state index is 12.3. The molecule has 0 bridgehead atoms. The molecule has 5 aromatic rings. The molecule has 10 nitrogen and oxygen atoms in total. The summed E-state index contributed by atoms with van der Waals surface area (Å²) >= 11 is 0. The van der Waals surface area contributed by atoms with Gasteiger partial charge in [-0.1, -0.05) is 0 Å². The van der Waals surface area contributed by atoms with Crippen LogP contribution >= 0.6 is 0 Å². The Morgan fingerprint density at radius 2 is 0.929 bits per heavy atom. The van der Waals surface area contributed by atoms with Crippen molar-refractivity contribution in [2.45, 2.75) is 13.3 Å². The topological polar surface area (TPSA) is 189 Å². The van der Waals surface area contributed by atoms with Crippen LogP contribution in [-0.2, 0) is 0 Å². The summed E-state index contributed by atoms with van der Waals surface area (Å²) in [6, 6.07) is 26.1. The minimum Gasteiger partial charge on any atom is -0.456 e. The van der Waals surface area contributed by atoms with Gasteiger partial charge in [-0.3, -0.25) is 9.59 Å². The number of anilines is 6. The molecule has 2 heterocycles. The number of aryl methyl sites for hydroxylation is 1. The fourth-order valence-electron chi connectivity index (χ4n) is 3.16. The average Bonchev–Trinajstić information content (AvgIpc) is 3.64. The number of benzene rings is 3. The van der Waals surface area contributed by atoms with Crippen LogP contribution in [-0.4, -0.2) is 11.8 Å². The zero-order chi connectivity index (χ0) is 30.6. The van der Waals surface area contributed by atoms with Crippen molar-refractivity contribution in [3.8, 4) is 0 Å². The molecule has 0 fully saturated rings. The molecule has 0 aliphatic carbocycles. The van der Waals surface area contributed by atoms with Crippen LogP contribution in [0, 0.1) is 6.92 Å². The highest BCUT2D eigenvalue weighted by Gasteiger charge is 2.16. The number of nitrogens with two attached hydrogens (primary N) is 4. The minimum atomic E-state index is -2.73. The van der Waals surface area contributed by atoms with Crippen molar-refractivity contribution in [2.24, 2.45) is 0 Å². The first kappa shape index (κ1) is 30.8. The van der Waals surface area contributed by atoms with Gasteiger partial charge in [-0.25, -0.2) is 8.78 Å². The number of rotatable bonds is 5. The Labute approximate surface area is 240 Å². The second-order valence-corrected chi connectivity index (χ2v) is 8.73. The van der Waals surface area contributed by atoms with Gasteiger partial charge in [0.05, 0.1) is 0 Å². The quantitative estimate of drug-likeness (QED) is 0.131. The van der Waals surface area contributed by atoms with Crippen LogP contribution < -0.4 is 33.6 Å². The summed E-state index contributed by atoms with van der Waals surface area (Å²) in [5, 5.41) is 5.22. The van der Waals surface area contributed by atoms with Gasteiger partial charge in [-0.15, -0.1) is 0 Å². The molecule has 0 atom stereocenters. The summed E-state index contributed by atoms with van der Waals surface area (Å²) in [7, 11) is 0. The van der Waals surface area contributed by atoms with Gasteiger partial charge < -0.3 is 42.4 Å². The lowest BCUT2D eigenvalue weighted by atomic mass is 10.3.